The molecule has 2 N–H and O–H groups in total. The molecule has 98 valence electrons. The van der Waals surface area contributed by atoms with Crippen molar-refractivity contribution in [1.29, 1.82) is 0 Å². The van der Waals surface area contributed by atoms with Crippen LogP contribution in [0, 0.1) is 0 Å². The van der Waals surface area contributed by atoms with Crippen LogP contribution in [0.25, 0.3) is 0 Å². The van der Waals surface area contributed by atoms with Gasteiger partial charge in [0.15, 0.2) is 0 Å². The zero-order valence-corrected chi connectivity index (χ0v) is 11.4. The first-order chi connectivity index (χ1) is 7.33. The summed E-state index contributed by atoms with van der Waals surface area (Å²) in [6.45, 7) is 1.34. The number of hydrogen-bond donors (Lipinski definition) is 2. The molecule has 1 atom stereocenters. The zero-order chi connectivity index (χ0) is 12.7. The summed E-state index contributed by atoms with van der Waals surface area (Å²) < 4.78 is 15.9. The second-order valence-electron chi connectivity index (χ2n) is 4.41. The first-order valence-electron chi connectivity index (χ1n) is 5.21. The van der Waals surface area contributed by atoms with Crippen LogP contribution in [0.4, 0.5) is 0 Å². The van der Waals surface area contributed by atoms with Gasteiger partial charge in [0.2, 0.25) is 0 Å². The number of aliphatic hydroxyl groups excluding tert-OH is 1. The van der Waals surface area contributed by atoms with Crippen LogP contribution in [-0.2, 0) is 13.6 Å². The largest absolute Gasteiger partial charge is 0.572 e. The lowest BCUT2D eigenvalue weighted by molar-refractivity contribution is -0.870. The Kier molecular flexibility index (Phi) is 7.59. The standard InChI is InChI=1S/C9H24NO5P/c1-10(2,3)6-9-15-16(12,13-4)14-8-5-7-11/h11-12H,5-9H2,1-4H3/q+2. The fourth-order valence-corrected chi connectivity index (χ4v) is 1.77. The summed E-state index contributed by atoms with van der Waals surface area (Å²) in [4.78, 5) is 9.80. The predicted molar refractivity (Wildman–Crippen MR) is 62.7 cm³/mol. The summed E-state index contributed by atoms with van der Waals surface area (Å²) in [7, 11) is 4.24. The van der Waals surface area contributed by atoms with E-state index < -0.39 is 8.17 Å². The maximum Gasteiger partial charge on any atom is 0.572 e. The smallest absolute Gasteiger partial charge is 0.396 e. The van der Waals surface area contributed by atoms with E-state index in [0.717, 1.165) is 11.0 Å². The molecule has 0 radical (unpaired) electrons. The Morgan fingerprint density at radius 2 is 1.69 bits per heavy atom. The summed E-state index contributed by atoms with van der Waals surface area (Å²) in [6.07, 6.45) is 0.449. The summed E-state index contributed by atoms with van der Waals surface area (Å²) >= 11 is 0. The molecule has 0 saturated carbocycles. The van der Waals surface area contributed by atoms with Crippen LogP contribution in [0.15, 0.2) is 0 Å². The van der Waals surface area contributed by atoms with Gasteiger partial charge in [-0.05, 0) is 6.42 Å². The number of quaternary nitrogens is 1. The third kappa shape index (κ3) is 8.35. The van der Waals surface area contributed by atoms with Crippen molar-refractivity contribution in [3.05, 3.63) is 0 Å². The second kappa shape index (κ2) is 7.50. The Balaban J connectivity index is 3.87. The molecule has 7 heteroatoms. The monoisotopic (exact) mass is 257 g/mol. The van der Waals surface area contributed by atoms with E-state index in [0.29, 0.717) is 13.0 Å². The normalized spacial score (nSPS) is 16.1. The Bertz CT molecular complexity index is 187. The third-order valence-corrected chi connectivity index (χ3v) is 3.28. The Morgan fingerprint density at radius 1 is 1.12 bits per heavy atom. The van der Waals surface area contributed by atoms with Gasteiger partial charge in [-0.15, -0.1) is 4.52 Å². The molecule has 0 amide bonds. The van der Waals surface area contributed by atoms with Crippen LogP contribution in [-0.4, -0.2) is 69.1 Å². The average Bonchev–Trinajstić information content (AvgIpc) is 2.16. The maximum atomic E-state index is 9.80. The van der Waals surface area contributed by atoms with Crippen molar-refractivity contribution >= 4 is 8.17 Å². The summed E-state index contributed by atoms with van der Waals surface area (Å²) in [6, 6.07) is 0. The van der Waals surface area contributed by atoms with E-state index in [9.17, 15) is 4.89 Å². The van der Waals surface area contributed by atoms with Gasteiger partial charge in [-0.3, -0.25) is 0 Å². The number of hydrogen-bond acceptors (Lipinski definition) is 5. The van der Waals surface area contributed by atoms with E-state index in [1.165, 1.54) is 7.11 Å². The van der Waals surface area contributed by atoms with Crippen molar-refractivity contribution in [1.82, 2.24) is 0 Å². The fraction of sp³-hybridized carbons (Fsp3) is 1.00. The van der Waals surface area contributed by atoms with Gasteiger partial charge in [-0.2, -0.15) is 13.9 Å². The minimum absolute atomic E-state index is 0.0165. The molecule has 0 saturated heterocycles. The highest BCUT2D eigenvalue weighted by Gasteiger charge is 2.43. The molecule has 16 heavy (non-hydrogen) atoms. The van der Waals surface area contributed by atoms with Crippen LogP contribution in [0.1, 0.15) is 6.42 Å². The lowest BCUT2D eigenvalue weighted by atomic mass is 10.5. The van der Waals surface area contributed by atoms with E-state index in [-0.39, 0.29) is 13.2 Å². The molecule has 0 bridgehead atoms. The molecule has 0 aromatic rings. The molecule has 0 aromatic carbocycles. The van der Waals surface area contributed by atoms with Crippen LogP contribution in [0.2, 0.25) is 0 Å². The Labute approximate surface area is 98.0 Å². The number of likely N-dealkylation sites (N-methyl/N-ethyl adjacent to an activating group) is 1. The molecule has 0 fully saturated rings. The van der Waals surface area contributed by atoms with Crippen LogP contribution >= 0.6 is 8.17 Å². The molecule has 0 aliphatic carbocycles. The molecule has 0 heterocycles. The van der Waals surface area contributed by atoms with Gasteiger partial charge >= 0.3 is 8.17 Å². The van der Waals surface area contributed by atoms with Crippen molar-refractivity contribution in [2.75, 3.05) is 54.6 Å². The van der Waals surface area contributed by atoms with Crippen molar-refractivity contribution in [3.8, 4) is 0 Å². The molecule has 1 unspecified atom stereocenters. The molecule has 0 aliphatic heterocycles. The van der Waals surface area contributed by atoms with Gasteiger partial charge in [-0.1, -0.05) is 0 Å². The summed E-state index contributed by atoms with van der Waals surface area (Å²) in [5.74, 6) is 0. The van der Waals surface area contributed by atoms with Gasteiger partial charge in [-0.25, -0.2) is 0 Å². The predicted octanol–water partition coefficient (Wildman–Crippen LogP) is 0.424. The van der Waals surface area contributed by atoms with Crippen LogP contribution in [0.3, 0.4) is 0 Å². The van der Waals surface area contributed by atoms with Gasteiger partial charge in [0.05, 0.1) is 28.3 Å². The SMILES string of the molecule is CO[P+](O)(OCCCO)OCC[N+](C)(C)C. The van der Waals surface area contributed by atoms with Crippen molar-refractivity contribution in [2.24, 2.45) is 0 Å². The topological polar surface area (TPSA) is 68.2 Å². The number of rotatable bonds is 9. The van der Waals surface area contributed by atoms with Gasteiger partial charge in [0.1, 0.15) is 19.8 Å². The van der Waals surface area contributed by atoms with E-state index in [1.807, 2.05) is 21.1 Å². The fourth-order valence-electron chi connectivity index (χ4n) is 0.817. The lowest BCUT2D eigenvalue weighted by Crippen LogP contribution is -2.37. The van der Waals surface area contributed by atoms with Crippen LogP contribution < -0.4 is 0 Å². The van der Waals surface area contributed by atoms with Crippen molar-refractivity contribution < 1.29 is 28.1 Å². The molecule has 0 aromatic heterocycles. The molecule has 0 spiro atoms. The Hall–Kier alpha value is 0.190. The van der Waals surface area contributed by atoms with E-state index in [4.69, 9.17) is 18.7 Å². The minimum atomic E-state index is -3.19. The van der Waals surface area contributed by atoms with E-state index >= 15 is 0 Å². The van der Waals surface area contributed by atoms with Gasteiger partial charge in [0.25, 0.3) is 0 Å². The highest BCUT2D eigenvalue weighted by Crippen LogP contribution is 2.57. The van der Waals surface area contributed by atoms with Gasteiger partial charge < -0.3 is 9.59 Å². The highest BCUT2D eigenvalue weighted by molar-refractivity contribution is 7.55. The molecule has 0 rings (SSSR count). The third-order valence-electron chi connectivity index (χ3n) is 1.80. The Morgan fingerprint density at radius 3 is 2.12 bits per heavy atom. The van der Waals surface area contributed by atoms with Crippen molar-refractivity contribution in [2.45, 2.75) is 6.42 Å². The highest BCUT2D eigenvalue weighted by atomic mass is 31.2. The van der Waals surface area contributed by atoms with Gasteiger partial charge in [0, 0.05) is 6.61 Å². The minimum Gasteiger partial charge on any atom is -0.396 e. The molecular formula is C9H24NO5P+2. The quantitative estimate of drug-likeness (QED) is 0.356. The van der Waals surface area contributed by atoms with E-state index in [1.54, 1.807) is 0 Å². The number of aliphatic hydroxyl groups is 1. The zero-order valence-electron chi connectivity index (χ0n) is 10.5. The first-order valence-corrected chi connectivity index (χ1v) is 6.70. The maximum absolute atomic E-state index is 9.80. The summed E-state index contributed by atoms with van der Waals surface area (Å²) in [5, 5.41) is 8.59. The second-order valence-corrected chi connectivity index (χ2v) is 6.23. The molecule has 6 nitrogen and oxygen atoms in total. The van der Waals surface area contributed by atoms with Crippen molar-refractivity contribution in [3.63, 3.8) is 0 Å². The molecule has 0 aliphatic rings. The van der Waals surface area contributed by atoms with E-state index in [2.05, 4.69) is 0 Å². The lowest BCUT2D eigenvalue weighted by Gasteiger charge is -2.23. The average molecular weight is 257 g/mol. The van der Waals surface area contributed by atoms with Crippen LogP contribution in [0.5, 0.6) is 0 Å². The summed E-state index contributed by atoms with van der Waals surface area (Å²) in [5.41, 5.74) is 0. The number of nitrogens with zero attached hydrogens (tertiary/aromatic N) is 1. The molecular weight excluding hydrogens is 233 g/mol. The first kappa shape index (κ1) is 16.2.